The average Bonchev–Trinajstić information content (AvgIpc) is 2.46. The van der Waals surface area contributed by atoms with Crippen molar-refractivity contribution in [1.82, 2.24) is 5.43 Å². The summed E-state index contributed by atoms with van der Waals surface area (Å²) in [5, 5.41) is 4.21. The maximum atomic E-state index is 11.7. The molecule has 0 saturated heterocycles. The first-order valence-electron chi connectivity index (χ1n) is 7.28. The number of ether oxygens (including phenoxy) is 1. The molecule has 5 heteroatoms. The summed E-state index contributed by atoms with van der Waals surface area (Å²) in [4.78, 5) is 11.7. The van der Waals surface area contributed by atoms with E-state index in [2.05, 4.69) is 33.4 Å². The Balaban J connectivity index is 1.79. The summed E-state index contributed by atoms with van der Waals surface area (Å²) in [5.74, 6) is 1.13. The quantitative estimate of drug-likeness (QED) is 0.837. The SMILES string of the molecule is Cc1cc(OCC(=O)NN=C2CCCC(C)C2)ccc1Br. The van der Waals surface area contributed by atoms with Gasteiger partial charge in [0.05, 0.1) is 0 Å². The minimum atomic E-state index is -0.221. The number of benzene rings is 1. The lowest BCUT2D eigenvalue weighted by Crippen LogP contribution is -2.27. The van der Waals surface area contributed by atoms with E-state index in [-0.39, 0.29) is 12.5 Å². The Morgan fingerprint density at radius 3 is 3.05 bits per heavy atom. The number of carbonyl (C=O) groups is 1. The molecule has 1 amide bonds. The van der Waals surface area contributed by atoms with Gasteiger partial charge in [-0.05, 0) is 62.3 Å². The van der Waals surface area contributed by atoms with Crippen LogP contribution in [0.3, 0.4) is 0 Å². The van der Waals surface area contributed by atoms with Crippen LogP contribution in [0.25, 0.3) is 0 Å². The molecule has 1 fully saturated rings. The fraction of sp³-hybridized carbons (Fsp3) is 0.500. The average molecular weight is 353 g/mol. The second-order valence-electron chi connectivity index (χ2n) is 5.61. The standard InChI is InChI=1S/C16H21BrN2O2/c1-11-4-3-5-13(8-11)18-19-16(20)10-21-14-6-7-15(17)12(2)9-14/h6-7,9,11H,3-5,8,10H2,1-2H3,(H,19,20). The molecule has 0 heterocycles. The molecule has 0 aromatic heterocycles. The van der Waals surface area contributed by atoms with Crippen molar-refractivity contribution in [3.63, 3.8) is 0 Å². The highest BCUT2D eigenvalue weighted by atomic mass is 79.9. The smallest absolute Gasteiger partial charge is 0.277 e. The summed E-state index contributed by atoms with van der Waals surface area (Å²) in [6, 6.07) is 5.64. The van der Waals surface area contributed by atoms with Crippen molar-refractivity contribution >= 4 is 27.5 Å². The molecule has 0 bridgehead atoms. The number of hydrogen-bond donors (Lipinski definition) is 1. The molecular weight excluding hydrogens is 332 g/mol. The molecule has 0 aliphatic heterocycles. The zero-order chi connectivity index (χ0) is 15.2. The minimum Gasteiger partial charge on any atom is -0.484 e. The maximum Gasteiger partial charge on any atom is 0.277 e. The molecule has 1 aliphatic carbocycles. The van der Waals surface area contributed by atoms with Crippen LogP contribution in [-0.4, -0.2) is 18.2 Å². The van der Waals surface area contributed by atoms with Gasteiger partial charge in [0.1, 0.15) is 5.75 Å². The van der Waals surface area contributed by atoms with Crippen LogP contribution in [0.4, 0.5) is 0 Å². The van der Waals surface area contributed by atoms with Crippen molar-refractivity contribution < 1.29 is 9.53 Å². The zero-order valence-electron chi connectivity index (χ0n) is 12.5. The monoisotopic (exact) mass is 352 g/mol. The molecule has 2 rings (SSSR count). The second kappa shape index (κ2) is 7.59. The first-order chi connectivity index (χ1) is 10.0. The molecule has 1 aliphatic rings. The number of amides is 1. The van der Waals surface area contributed by atoms with E-state index in [1.807, 2.05) is 25.1 Å². The van der Waals surface area contributed by atoms with E-state index in [0.29, 0.717) is 11.7 Å². The third kappa shape index (κ3) is 5.16. The largest absolute Gasteiger partial charge is 0.484 e. The molecule has 1 unspecified atom stereocenters. The minimum absolute atomic E-state index is 0.0204. The molecule has 21 heavy (non-hydrogen) atoms. The number of aryl methyl sites for hydroxylation is 1. The maximum absolute atomic E-state index is 11.7. The predicted octanol–water partition coefficient (Wildman–Crippen LogP) is 3.82. The summed E-state index contributed by atoms with van der Waals surface area (Å²) in [6.45, 7) is 4.18. The highest BCUT2D eigenvalue weighted by molar-refractivity contribution is 9.10. The molecule has 0 radical (unpaired) electrons. The van der Waals surface area contributed by atoms with Gasteiger partial charge in [0.15, 0.2) is 6.61 Å². The number of hydrazone groups is 1. The number of halogens is 1. The molecule has 114 valence electrons. The second-order valence-corrected chi connectivity index (χ2v) is 6.47. The zero-order valence-corrected chi connectivity index (χ0v) is 14.1. The van der Waals surface area contributed by atoms with Crippen molar-refractivity contribution in [2.45, 2.75) is 39.5 Å². The third-order valence-electron chi connectivity index (χ3n) is 3.58. The summed E-state index contributed by atoms with van der Waals surface area (Å²) in [7, 11) is 0. The Labute approximate surface area is 134 Å². The van der Waals surface area contributed by atoms with Crippen LogP contribution in [-0.2, 0) is 4.79 Å². The van der Waals surface area contributed by atoms with Crippen LogP contribution < -0.4 is 10.2 Å². The van der Waals surface area contributed by atoms with Crippen molar-refractivity contribution in [3.8, 4) is 5.75 Å². The molecule has 4 nitrogen and oxygen atoms in total. The highest BCUT2D eigenvalue weighted by Gasteiger charge is 2.14. The Hall–Kier alpha value is -1.36. The van der Waals surface area contributed by atoms with E-state index in [9.17, 15) is 4.79 Å². The van der Waals surface area contributed by atoms with Gasteiger partial charge in [-0.15, -0.1) is 0 Å². The summed E-state index contributed by atoms with van der Waals surface area (Å²) >= 11 is 3.43. The lowest BCUT2D eigenvalue weighted by Gasteiger charge is -2.18. The molecule has 1 N–H and O–H groups in total. The summed E-state index contributed by atoms with van der Waals surface area (Å²) in [5.41, 5.74) is 4.74. The van der Waals surface area contributed by atoms with Crippen LogP contribution in [0.2, 0.25) is 0 Å². The van der Waals surface area contributed by atoms with Gasteiger partial charge in [-0.2, -0.15) is 5.10 Å². The lowest BCUT2D eigenvalue weighted by molar-refractivity contribution is -0.123. The van der Waals surface area contributed by atoms with E-state index >= 15 is 0 Å². The van der Waals surface area contributed by atoms with Crippen LogP contribution in [0, 0.1) is 12.8 Å². The van der Waals surface area contributed by atoms with E-state index in [0.717, 1.165) is 35.0 Å². The van der Waals surface area contributed by atoms with Gasteiger partial charge < -0.3 is 4.74 Å². The number of nitrogens with one attached hydrogen (secondary N) is 1. The summed E-state index contributed by atoms with van der Waals surface area (Å²) < 4.78 is 6.49. The van der Waals surface area contributed by atoms with Crippen LogP contribution in [0.1, 0.15) is 38.2 Å². The van der Waals surface area contributed by atoms with Gasteiger partial charge in [-0.1, -0.05) is 22.9 Å². The normalized spacial score (nSPS) is 20.3. The van der Waals surface area contributed by atoms with Crippen molar-refractivity contribution in [2.75, 3.05) is 6.61 Å². The van der Waals surface area contributed by atoms with Crippen LogP contribution >= 0.6 is 15.9 Å². The molecular formula is C16H21BrN2O2. The molecule has 1 aromatic rings. The summed E-state index contributed by atoms with van der Waals surface area (Å²) in [6.07, 6.45) is 4.37. The van der Waals surface area contributed by atoms with Gasteiger partial charge in [0, 0.05) is 10.2 Å². The van der Waals surface area contributed by atoms with Crippen LogP contribution in [0.15, 0.2) is 27.8 Å². The number of carbonyl (C=O) groups excluding carboxylic acids is 1. The Morgan fingerprint density at radius 1 is 1.52 bits per heavy atom. The highest BCUT2D eigenvalue weighted by Crippen LogP contribution is 2.22. The van der Waals surface area contributed by atoms with Gasteiger partial charge in [0.2, 0.25) is 0 Å². The van der Waals surface area contributed by atoms with Gasteiger partial charge in [-0.25, -0.2) is 5.43 Å². The first kappa shape index (κ1) is 16.0. The topological polar surface area (TPSA) is 50.7 Å². The molecule has 1 aromatic carbocycles. The van der Waals surface area contributed by atoms with E-state index in [4.69, 9.17) is 4.74 Å². The third-order valence-corrected chi connectivity index (χ3v) is 4.47. The fourth-order valence-corrected chi connectivity index (χ4v) is 2.64. The fourth-order valence-electron chi connectivity index (χ4n) is 2.39. The van der Waals surface area contributed by atoms with E-state index in [1.54, 1.807) is 0 Å². The Kier molecular flexibility index (Phi) is 5.79. The number of nitrogens with zero attached hydrogens (tertiary/aromatic N) is 1. The van der Waals surface area contributed by atoms with E-state index in [1.165, 1.54) is 6.42 Å². The first-order valence-corrected chi connectivity index (χ1v) is 8.07. The van der Waals surface area contributed by atoms with E-state index < -0.39 is 0 Å². The predicted molar refractivity (Wildman–Crippen MR) is 87.6 cm³/mol. The Bertz CT molecular complexity index is 543. The van der Waals surface area contributed by atoms with Gasteiger partial charge in [0.25, 0.3) is 5.91 Å². The van der Waals surface area contributed by atoms with Crippen LogP contribution in [0.5, 0.6) is 5.75 Å². The van der Waals surface area contributed by atoms with Gasteiger partial charge in [-0.3, -0.25) is 4.79 Å². The Morgan fingerprint density at radius 2 is 2.33 bits per heavy atom. The van der Waals surface area contributed by atoms with Gasteiger partial charge >= 0.3 is 0 Å². The molecule has 1 atom stereocenters. The number of hydrogen-bond acceptors (Lipinski definition) is 3. The van der Waals surface area contributed by atoms with Crippen molar-refractivity contribution in [1.29, 1.82) is 0 Å². The molecule has 0 spiro atoms. The molecule has 1 saturated carbocycles. The van der Waals surface area contributed by atoms with Crippen molar-refractivity contribution in [2.24, 2.45) is 11.0 Å². The lowest BCUT2D eigenvalue weighted by atomic mass is 9.89. The van der Waals surface area contributed by atoms with Crippen molar-refractivity contribution in [3.05, 3.63) is 28.2 Å². The number of rotatable bonds is 4.